The number of hydrogen-bond donors (Lipinski definition) is 0. The molecule has 1 aromatic rings. The van der Waals surface area contributed by atoms with Crippen molar-refractivity contribution in [2.45, 2.75) is 39.5 Å². The third kappa shape index (κ3) is 6.31. The lowest BCUT2D eigenvalue weighted by molar-refractivity contribution is 0.0453. The maximum atomic E-state index is 11.9. The second-order valence-electron chi connectivity index (χ2n) is 5.93. The molecule has 0 fully saturated rings. The Morgan fingerprint density at radius 2 is 2.00 bits per heavy atom. The predicted molar refractivity (Wildman–Crippen MR) is 87.9 cm³/mol. The average molecular weight is 284 g/mol. The van der Waals surface area contributed by atoms with E-state index in [1.165, 1.54) is 0 Å². The summed E-state index contributed by atoms with van der Waals surface area (Å²) in [5.74, 6) is 2.38. The monoisotopic (exact) mass is 284 g/mol. The highest BCUT2D eigenvalue weighted by Gasteiger charge is 2.18. The Morgan fingerprint density at radius 3 is 2.57 bits per heavy atom. The number of terminal acetylenes is 1. The Kier molecular flexibility index (Phi) is 6.75. The lowest BCUT2D eigenvalue weighted by atomic mass is 9.84. The van der Waals surface area contributed by atoms with Crippen LogP contribution in [0.3, 0.4) is 0 Å². The van der Waals surface area contributed by atoms with Crippen molar-refractivity contribution in [3.8, 4) is 12.3 Å². The van der Waals surface area contributed by atoms with Gasteiger partial charge in [0, 0.05) is 6.42 Å². The second-order valence-corrected chi connectivity index (χ2v) is 5.93. The Morgan fingerprint density at radius 1 is 1.33 bits per heavy atom. The summed E-state index contributed by atoms with van der Waals surface area (Å²) in [5, 5.41) is 0. The number of hydrogen-bond acceptors (Lipinski definition) is 2. The third-order valence-corrected chi connectivity index (χ3v) is 3.57. The summed E-state index contributed by atoms with van der Waals surface area (Å²) in [6, 6.07) is 7.23. The van der Waals surface area contributed by atoms with Gasteiger partial charge >= 0.3 is 5.97 Å². The molecule has 2 nitrogen and oxygen atoms in total. The molecule has 0 aromatic heterocycles. The van der Waals surface area contributed by atoms with Gasteiger partial charge < -0.3 is 4.74 Å². The molecule has 0 spiro atoms. The molecule has 0 aliphatic heterocycles. The molecule has 1 aromatic carbocycles. The van der Waals surface area contributed by atoms with Crippen LogP contribution in [-0.4, -0.2) is 12.6 Å². The van der Waals surface area contributed by atoms with Crippen LogP contribution in [-0.2, 0) is 4.74 Å². The van der Waals surface area contributed by atoms with Crippen LogP contribution >= 0.6 is 0 Å². The van der Waals surface area contributed by atoms with Crippen molar-refractivity contribution in [2.24, 2.45) is 5.41 Å². The van der Waals surface area contributed by atoms with E-state index >= 15 is 0 Å². The SMILES string of the molecule is C#CCCCC(C)(C)CCOC(=O)c1ccc(C=C)cc1. The molecular formula is C19H24O2. The van der Waals surface area contributed by atoms with E-state index in [2.05, 4.69) is 26.3 Å². The molecule has 0 heterocycles. The van der Waals surface area contributed by atoms with Crippen LogP contribution in [0.25, 0.3) is 6.08 Å². The molecule has 21 heavy (non-hydrogen) atoms. The predicted octanol–water partition coefficient (Wildman–Crippen LogP) is 4.71. The smallest absolute Gasteiger partial charge is 0.338 e. The first-order valence-corrected chi connectivity index (χ1v) is 7.31. The summed E-state index contributed by atoms with van der Waals surface area (Å²) in [5.41, 5.74) is 1.70. The standard InChI is InChI=1S/C19H24O2/c1-5-7-8-13-19(3,4)14-15-21-18(20)17-11-9-16(6-2)10-12-17/h1,6,9-12H,2,7-8,13-15H2,3-4H3. The van der Waals surface area contributed by atoms with Crippen molar-refractivity contribution < 1.29 is 9.53 Å². The van der Waals surface area contributed by atoms with Crippen molar-refractivity contribution in [3.05, 3.63) is 42.0 Å². The molecule has 1 rings (SSSR count). The van der Waals surface area contributed by atoms with E-state index in [0.717, 1.165) is 31.2 Å². The van der Waals surface area contributed by atoms with Gasteiger partial charge in [0.1, 0.15) is 0 Å². The van der Waals surface area contributed by atoms with Crippen LogP contribution in [0.4, 0.5) is 0 Å². The normalized spacial score (nSPS) is 10.7. The first-order chi connectivity index (χ1) is 9.98. The van der Waals surface area contributed by atoms with Crippen LogP contribution in [0.2, 0.25) is 0 Å². The molecule has 0 amide bonds. The molecule has 0 atom stereocenters. The average Bonchev–Trinajstić information content (AvgIpc) is 2.47. The second kappa shape index (κ2) is 8.32. The van der Waals surface area contributed by atoms with Crippen LogP contribution < -0.4 is 0 Å². The molecule has 0 saturated carbocycles. The first kappa shape index (κ1) is 17.0. The van der Waals surface area contributed by atoms with Gasteiger partial charge in [-0.05, 0) is 42.4 Å². The van der Waals surface area contributed by atoms with E-state index in [4.69, 9.17) is 11.2 Å². The molecule has 0 radical (unpaired) electrons. The minimum absolute atomic E-state index is 0.143. The molecule has 0 aliphatic carbocycles. The summed E-state index contributed by atoms with van der Waals surface area (Å²) < 4.78 is 5.34. The molecule has 112 valence electrons. The fraction of sp³-hybridized carbons (Fsp3) is 0.421. The molecule has 0 aliphatic rings. The van der Waals surface area contributed by atoms with Crippen molar-refractivity contribution >= 4 is 12.0 Å². The number of benzene rings is 1. The van der Waals surface area contributed by atoms with Gasteiger partial charge in [0.15, 0.2) is 0 Å². The Balaban J connectivity index is 2.38. The van der Waals surface area contributed by atoms with Gasteiger partial charge in [0.05, 0.1) is 12.2 Å². The number of ether oxygens (including phenoxy) is 1. The summed E-state index contributed by atoms with van der Waals surface area (Å²) >= 11 is 0. The topological polar surface area (TPSA) is 26.3 Å². The fourth-order valence-electron chi connectivity index (χ4n) is 2.05. The Bertz CT molecular complexity index is 503. The summed E-state index contributed by atoms with van der Waals surface area (Å²) in [7, 11) is 0. The zero-order valence-electron chi connectivity index (χ0n) is 13.0. The maximum Gasteiger partial charge on any atom is 0.338 e. The zero-order valence-corrected chi connectivity index (χ0v) is 13.0. The highest BCUT2D eigenvalue weighted by Crippen LogP contribution is 2.27. The Hall–Kier alpha value is -2.01. The quantitative estimate of drug-likeness (QED) is 0.393. The van der Waals surface area contributed by atoms with Gasteiger partial charge in [-0.15, -0.1) is 12.3 Å². The van der Waals surface area contributed by atoms with E-state index < -0.39 is 0 Å². The van der Waals surface area contributed by atoms with E-state index in [9.17, 15) is 4.79 Å². The lowest BCUT2D eigenvalue weighted by Gasteiger charge is -2.23. The first-order valence-electron chi connectivity index (χ1n) is 7.31. The molecule has 0 bridgehead atoms. The van der Waals surface area contributed by atoms with Gasteiger partial charge in [0.2, 0.25) is 0 Å². The summed E-state index contributed by atoms with van der Waals surface area (Å²) in [4.78, 5) is 11.9. The van der Waals surface area contributed by atoms with Crippen molar-refractivity contribution in [1.29, 1.82) is 0 Å². The number of carbonyl (C=O) groups is 1. The van der Waals surface area contributed by atoms with E-state index in [1.54, 1.807) is 18.2 Å². The number of rotatable bonds is 8. The summed E-state index contributed by atoms with van der Waals surface area (Å²) in [6.07, 6.45) is 10.7. The van der Waals surface area contributed by atoms with Gasteiger partial charge in [0.25, 0.3) is 0 Å². The van der Waals surface area contributed by atoms with Crippen LogP contribution in [0, 0.1) is 17.8 Å². The molecular weight excluding hydrogens is 260 g/mol. The highest BCUT2D eigenvalue weighted by molar-refractivity contribution is 5.89. The van der Waals surface area contributed by atoms with Crippen LogP contribution in [0.5, 0.6) is 0 Å². The summed E-state index contributed by atoms with van der Waals surface area (Å²) in [6.45, 7) is 8.47. The van der Waals surface area contributed by atoms with Crippen molar-refractivity contribution in [1.82, 2.24) is 0 Å². The minimum Gasteiger partial charge on any atom is -0.462 e. The van der Waals surface area contributed by atoms with E-state index in [-0.39, 0.29) is 11.4 Å². The maximum absolute atomic E-state index is 11.9. The molecule has 2 heteroatoms. The van der Waals surface area contributed by atoms with Crippen molar-refractivity contribution in [2.75, 3.05) is 6.61 Å². The largest absolute Gasteiger partial charge is 0.462 e. The van der Waals surface area contributed by atoms with Crippen LogP contribution in [0.15, 0.2) is 30.8 Å². The molecule has 0 N–H and O–H groups in total. The minimum atomic E-state index is -0.273. The van der Waals surface area contributed by atoms with E-state index in [1.807, 2.05) is 12.1 Å². The molecule has 0 saturated heterocycles. The Labute approximate surface area is 128 Å². The van der Waals surface area contributed by atoms with Crippen molar-refractivity contribution in [3.63, 3.8) is 0 Å². The van der Waals surface area contributed by atoms with E-state index in [0.29, 0.717) is 12.2 Å². The highest BCUT2D eigenvalue weighted by atomic mass is 16.5. The lowest BCUT2D eigenvalue weighted by Crippen LogP contribution is -2.16. The van der Waals surface area contributed by atoms with Gasteiger partial charge in [-0.2, -0.15) is 0 Å². The molecule has 0 unspecified atom stereocenters. The van der Waals surface area contributed by atoms with Gasteiger partial charge in [-0.25, -0.2) is 4.79 Å². The van der Waals surface area contributed by atoms with Gasteiger partial charge in [-0.1, -0.05) is 38.6 Å². The van der Waals surface area contributed by atoms with Gasteiger partial charge in [-0.3, -0.25) is 0 Å². The third-order valence-electron chi connectivity index (χ3n) is 3.57. The number of unbranched alkanes of at least 4 members (excludes halogenated alkanes) is 1. The zero-order chi connectivity index (χ0) is 15.7. The number of esters is 1. The number of carbonyl (C=O) groups excluding carboxylic acids is 1. The fourth-order valence-corrected chi connectivity index (χ4v) is 2.05. The van der Waals surface area contributed by atoms with Crippen LogP contribution in [0.1, 0.15) is 55.5 Å².